The average Bonchev–Trinajstić information content (AvgIpc) is 2.65. The third kappa shape index (κ3) is 5.47. The monoisotopic (exact) mass is 362 g/mol. The van der Waals surface area contributed by atoms with Gasteiger partial charge in [0.15, 0.2) is 6.61 Å². The molecule has 0 aromatic heterocycles. The lowest BCUT2D eigenvalue weighted by atomic mass is 9.92. The highest BCUT2D eigenvalue weighted by Crippen LogP contribution is 2.19. The Labute approximate surface area is 153 Å². The molecule has 0 radical (unpaired) electrons. The molecule has 2 amide bonds. The van der Waals surface area contributed by atoms with Crippen LogP contribution in [0.1, 0.15) is 26.7 Å². The van der Waals surface area contributed by atoms with Crippen molar-refractivity contribution in [3.8, 4) is 5.75 Å². The fraction of sp³-hybridized carbons (Fsp3) is 0.526. The molecule has 1 aliphatic heterocycles. The average molecular weight is 362 g/mol. The lowest BCUT2D eigenvalue weighted by molar-refractivity contribution is -0.147. The van der Waals surface area contributed by atoms with Crippen molar-refractivity contribution in [3.63, 3.8) is 0 Å². The molecule has 7 nitrogen and oxygen atoms in total. The van der Waals surface area contributed by atoms with Crippen molar-refractivity contribution in [3.05, 3.63) is 30.3 Å². The summed E-state index contributed by atoms with van der Waals surface area (Å²) in [4.78, 5) is 37.4. The number of likely N-dealkylation sites (tertiary alicyclic amines) is 1. The Bertz CT molecular complexity index is 645. The number of ether oxygens (including phenoxy) is 1. The summed E-state index contributed by atoms with van der Waals surface area (Å²) in [6.07, 6.45) is 1.42. The van der Waals surface area contributed by atoms with Gasteiger partial charge in [-0.3, -0.25) is 14.4 Å². The van der Waals surface area contributed by atoms with Gasteiger partial charge in [-0.2, -0.15) is 0 Å². The van der Waals surface area contributed by atoms with Crippen LogP contribution in [-0.2, 0) is 14.4 Å². The Balaban J connectivity index is 1.82. The number of para-hydroxylation sites is 1. The Morgan fingerprint density at radius 3 is 2.62 bits per heavy atom. The molecule has 0 saturated carbocycles. The summed E-state index contributed by atoms with van der Waals surface area (Å²) in [6.45, 7) is 4.05. The van der Waals surface area contributed by atoms with Crippen LogP contribution >= 0.6 is 0 Å². The molecular formula is C19H26N2O5. The van der Waals surface area contributed by atoms with Crippen molar-refractivity contribution in [1.29, 1.82) is 0 Å². The van der Waals surface area contributed by atoms with Crippen molar-refractivity contribution in [1.82, 2.24) is 10.2 Å². The lowest BCUT2D eigenvalue weighted by Gasteiger charge is -2.32. The first-order valence-electron chi connectivity index (χ1n) is 8.76. The van der Waals surface area contributed by atoms with Gasteiger partial charge in [-0.1, -0.05) is 18.2 Å². The number of nitrogens with one attached hydrogen (secondary N) is 1. The first-order valence-corrected chi connectivity index (χ1v) is 8.76. The SMILES string of the molecule is CC(C)(CNC(=O)C1CCCN(C(=O)COc2ccccc2)C1)C(=O)O. The van der Waals surface area contributed by atoms with Gasteiger partial charge < -0.3 is 20.1 Å². The number of carboxylic acid groups (broad SMARTS) is 1. The maximum absolute atomic E-state index is 12.3. The minimum Gasteiger partial charge on any atom is -0.484 e. The first kappa shape index (κ1) is 19.8. The molecule has 1 heterocycles. The van der Waals surface area contributed by atoms with Crippen LogP contribution < -0.4 is 10.1 Å². The number of nitrogens with zero attached hydrogens (tertiary/aromatic N) is 1. The second-order valence-electron chi connectivity index (χ2n) is 7.19. The topological polar surface area (TPSA) is 95.9 Å². The number of carbonyl (C=O) groups excluding carboxylic acids is 2. The summed E-state index contributed by atoms with van der Waals surface area (Å²) >= 11 is 0. The predicted octanol–water partition coefficient (Wildman–Crippen LogP) is 1.53. The molecule has 0 bridgehead atoms. The number of aliphatic carboxylic acids is 1. The highest BCUT2D eigenvalue weighted by Gasteiger charge is 2.32. The van der Waals surface area contributed by atoms with Crippen LogP contribution in [0.3, 0.4) is 0 Å². The fourth-order valence-corrected chi connectivity index (χ4v) is 2.70. The highest BCUT2D eigenvalue weighted by atomic mass is 16.5. The van der Waals surface area contributed by atoms with Gasteiger partial charge >= 0.3 is 5.97 Å². The molecule has 0 aliphatic carbocycles. The van der Waals surface area contributed by atoms with E-state index in [9.17, 15) is 14.4 Å². The summed E-state index contributed by atoms with van der Waals surface area (Å²) < 4.78 is 5.48. The van der Waals surface area contributed by atoms with Crippen LogP contribution in [0.4, 0.5) is 0 Å². The van der Waals surface area contributed by atoms with E-state index >= 15 is 0 Å². The predicted molar refractivity (Wildman–Crippen MR) is 95.7 cm³/mol. The van der Waals surface area contributed by atoms with E-state index < -0.39 is 11.4 Å². The van der Waals surface area contributed by atoms with Crippen molar-refractivity contribution in [2.75, 3.05) is 26.2 Å². The summed E-state index contributed by atoms with van der Waals surface area (Å²) in [5.41, 5.74) is -1.02. The minimum atomic E-state index is -1.02. The molecule has 1 unspecified atom stereocenters. The zero-order valence-electron chi connectivity index (χ0n) is 15.2. The second-order valence-corrected chi connectivity index (χ2v) is 7.19. The third-order valence-electron chi connectivity index (χ3n) is 4.53. The summed E-state index contributed by atoms with van der Waals surface area (Å²) in [5, 5.41) is 11.8. The molecule has 2 N–H and O–H groups in total. The molecule has 1 saturated heterocycles. The highest BCUT2D eigenvalue weighted by molar-refractivity contribution is 5.82. The van der Waals surface area contributed by atoms with E-state index in [0.29, 0.717) is 25.3 Å². The molecule has 1 aromatic rings. The molecule has 7 heteroatoms. The van der Waals surface area contributed by atoms with Crippen molar-refractivity contribution >= 4 is 17.8 Å². The van der Waals surface area contributed by atoms with Gasteiger partial charge in [0, 0.05) is 19.6 Å². The first-order chi connectivity index (χ1) is 12.3. The van der Waals surface area contributed by atoms with E-state index in [1.165, 1.54) is 0 Å². The summed E-state index contributed by atoms with van der Waals surface area (Å²) in [7, 11) is 0. The van der Waals surface area contributed by atoms with Crippen LogP contribution in [-0.4, -0.2) is 54.0 Å². The van der Waals surface area contributed by atoms with E-state index in [0.717, 1.165) is 6.42 Å². The smallest absolute Gasteiger partial charge is 0.310 e. The van der Waals surface area contributed by atoms with Crippen molar-refractivity contribution < 1.29 is 24.2 Å². The summed E-state index contributed by atoms with van der Waals surface area (Å²) in [5.74, 6) is -1.02. The third-order valence-corrected chi connectivity index (χ3v) is 4.53. The Morgan fingerprint density at radius 2 is 1.96 bits per heavy atom. The van der Waals surface area contributed by atoms with Gasteiger partial charge in [0.05, 0.1) is 11.3 Å². The summed E-state index contributed by atoms with van der Waals surface area (Å²) in [6, 6.07) is 9.10. The van der Waals surface area contributed by atoms with Gasteiger partial charge in [-0.15, -0.1) is 0 Å². The van der Waals surface area contributed by atoms with Gasteiger partial charge in [0.1, 0.15) is 5.75 Å². The normalized spacial score (nSPS) is 17.5. The number of benzene rings is 1. The van der Waals surface area contributed by atoms with Gasteiger partial charge in [-0.25, -0.2) is 0 Å². The number of hydrogen-bond donors (Lipinski definition) is 2. The standard InChI is InChI=1S/C19H26N2O5/c1-19(2,18(24)25)13-20-17(23)14-7-6-10-21(11-14)16(22)12-26-15-8-4-3-5-9-15/h3-5,8-9,14H,6-7,10-13H2,1-2H3,(H,20,23)(H,24,25). The molecule has 26 heavy (non-hydrogen) atoms. The van der Waals surface area contributed by atoms with Gasteiger partial charge in [-0.05, 0) is 38.8 Å². The van der Waals surface area contributed by atoms with E-state index in [2.05, 4.69) is 5.32 Å². The van der Waals surface area contributed by atoms with Crippen LogP contribution in [0.25, 0.3) is 0 Å². The maximum atomic E-state index is 12.3. The quantitative estimate of drug-likeness (QED) is 0.767. The van der Waals surface area contributed by atoms with Crippen molar-refractivity contribution in [2.45, 2.75) is 26.7 Å². The fourth-order valence-electron chi connectivity index (χ4n) is 2.70. The number of amides is 2. The number of piperidine rings is 1. The van der Waals surface area contributed by atoms with E-state index in [-0.39, 0.29) is 30.9 Å². The van der Waals surface area contributed by atoms with Gasteiger partial charge in [0.25, 0.3) is 5.91 Å². The van der Waals surface area contributed by atoms with E-state index in [1.54, 1.807) is 30.9 Å². The van der Waals surface area contributed by atoms with Gasteiger partial charge in [0.2, 0.25) is 5.91 Å². The molecule has 1 aromatic carbocycles. The number of rotatable bonds is 7. The Hall–Kier alpha value is -2.57. The van der Waals surface area contributed by atoms with Crippen LogP contribution in [0.2, 0.25) is 0 Å². The molecule has 1 aliphatic rings. The second kappa shape index (κ2) is 8.69. The van der Waals surface area contributed by atoms with Crippen LogP contribution in [0.15, 0.2) is 30.3 Å². The molecular weight excluding hydrogens is 336 g/mol. The van der Waals surface area contributed by atoms with Crippen LogP contribution in [0, 0.1) is 11.3 Å². The largest absolute Gasteiger partial charge is 0.484 e. The van der Waals surface area contributed by atoms with E-state index in [4.69, 9.17) is 9.84 Å². The zero-order chi connectivity index (χ0) is 19.2. The number of carbonyl (C=O) groups is 3. The minimum absolute atomic E-state index is 0.0583. The molecule has 1 fully saturated rings. The maximum Gasteiger partial charge on any atom is 0.310 e. The molecule has 1 atom stereocenters. The van der Waals surface area contributed by atoms with E-state index in [1.807, 2.05) is 18.2 Å². The number of carboxylic acids is 1. The zero-order valence-corrected chi connectivity index (χ0v) is 15.2. The lowest BCUT2D eigenvalue weighted by Crippen LogP contribution is -2.48. The Morgan fingerprint density at radius 1 is 1.27 bits per heavy atom. The van der Waals surface area contributed by atoms with Crippen molar-refractivity contribution in [2.24, 2.45) is 11.3 Å². The Kier molecular flexibility index (Phi) is 6.60. The molecule has 0 spiro atoms. The number of hydrogen-bond acceptors (Lipinski definition) is 4. The molecule has 2 rings (SSSR count). The van der Waals surface area contributed by atoms with Crippen LogP contribution in [0.5, 0.6) is 5.75 Å². The molecule has 142 valence electrons.